The molecule has 66 valence electrons. The molecule has 2 nitrogen and oxygen atoms in total. The quantitative estimate of drug-likeness (QED) is 0.747. The second-order valence-electron chi connectivity index (χ2n) is 2.21. The monoisotopic (exact) mass is 233 g/mol. The maximum atomic E-state index is 11.7. The molecule has 0 N–H and O–H groups in total. The highest BCUT2D eigenvalue weighted by atomic mass is 79.9. The molecule has 0 spiro atoms. The molecule has 0 aliphatic rings. The minimum atomic E-state index is -0.351. The number of alkyl halides is 1. The van der Waals surface area contributed by atoms with Crippen LogP contribution in [0.15, 0.2) is 22.8 Å². The minimum absolute atomic E-state index is 0.351. The Morgan fingerprint density at radius 1 is 1.50 bits per heavy atom. The number of hydrogen-bond donors (Lipinski definition) is 0. The molecular formula is C8H9BrFNO. The van der Waals surface area contributed by atoms with Gasteiger partial charge in [0.15, 0.2) is 0 Å². The van der Waals surface area contributed by atoms with E-state index in [-0.39, 0.29) is 6.67 Å². The first-order valence-electron chi connectivity index (χ1n) is 3.63. The molecule has 0 fully saturated rings. The first-order chi connectivity index (χ1) is 5.83. The predicted molar refractivity (Wildman–Crippen MR) is 48.0 cm³/mol. The van der Waals surface area contributed by atoms with Crippen LogP contribution >= 0.6 is 15.9 Å². The van der Waals surface area contributed by atoms with E-state index < -0.39 is 0 Å². The summed E-state index contributed by atoms with van der Waals surface area (Å²) in [5, 5.41) is 0. The third-order valence-corrected chi connectivity index (χ3v) is 1.70. The van der Waals surface area contributed by atoms with Gasteiger partial charge in [-0.2, -0.15) is 0 Å². The van der Waals surface area contributed by atoms with Crippen LogP contribution in [0.5, 0.6) is 5.88 Å². The summed E-state index contributed by atoms with van der Waals surface area (Å²) in [6, 6.07) is 3.57. The number of pyridine rings is 1. The predicted octanol–water partition coefficient (Wildman–Crippen LogP) is 2.58. The number of rotatable bonds is 4. The van der Waals surface area contributed by atoms with Crippen molar-refractivity contribution in [2.45, 2.75) is 6.42 Å². The van der Waals surface area contributed by atoms with Crippen LogP contribution in [0.4, 0.5) is 4.39 Å². The first kappa shape index (κ1) is 9.45. The molecule has 0 radical (unpaired) electrons. The second-order valence-corrected chi connectivity index (χ2v) is 3.12. The highest BCUT2D eigenvalue weighted by molar-refractivity contribution is 9.10. The normalized spacial score (nSPS) is 9.83. The number of hydrogen-bond acceptors (Lipinski definition) is 2. The summed E-state index contributed by atoms with van der Waals surface area (Å²) in [6.07, 6.45) is 2.06. The lowest BCUT2D eigenvalue weighted by Gasteiger charge is -2.02. The molecule has 0 aromatic carbocycles. The van der Waals surface area contributed by atoms with Crippen LogP contribution in [-0.4, -0.2) is 18.3 Å². The van der Waals surface area contributed by atoms with E-state index in [0.717, 1.165) is 4.47 Å². The van der Waals surface area contributed by atoms with Gasteiger partial charge in [0, 0.05) is 23.2 Å². The molecule has 0 aliphatic heterocycles. The van der Waals surface area contributed by atoms with E-state index in [4.69, 9.17) is 4.74 Å². The fourth-order valence-electron chi connectivity index (χ4n) is 0.679. The summed E-state index contributed by atoms with van der Waals surface area (Å²) >= 11 is 3.25. The lowest BCUT2D eigenvalue weighted by molar-refractivity contribution is 0.280. The molecular weight excluding hydrogens is 225 g/mol. The van der Waals surface area contributed by atoms with Crippen molar-refractivity contribution in [3.63, 3.8) is 0 Å². The highest BCUT2D eigenvalue weighted by Crippen LogP contribution is 2.12. The molecule has 0 saturated carbocycles. The molecule has 0 unspecified atom stereocenters. The smallest absolute Gasteiger partial charge is 0.213 e. The minimum Gasteiger partial charge on any atom is -0.478 e. The number of aromatic nitrogens is 1. The van der Waals surface area contributed by atoms with Crippen molar-refractivity contribution in [3.8, 4) is 5.88 Å². The molecule has 12 heavy (non-hydrogen) atoms. The topological polar surface area (TPSA) is 22.1 Å². The van der Waals surface area contributed by atoms with E-state index >= 15 is 0 Å². The van der Waals surface area contributed by atoms with E-state index in [1.165, 1.54) is 0 Å². The standard InChI is InChI=1S/C8H9BrFNO/c9-7-2-3-8(11-6-7)12-5-1-4-10/h2-3,6H,1,4-5H2. The van der Waals surface area contributed by atoms with E-state index in [2.05, 4.69) is 20.9 Å². The van der Waals surface area contributed by atoms with Gasteiger partial charge < -0.3 is 4.74 Å². The van der Waals surface area contributed by atoms with Gasteiger partial charge in [-0.3, -0.25) is 4.39 Å². The Hall–Kier alpha value is -0.640. The summed E-state index contributed by atoms with van der Waals surface area (Å²) in [6.45, 7) is 0.0294. The van der Waals surface area contributed by atoms with E-state index in [0.29, 0.717) is 18.9 Å². The Balaban J connectivity index is 2.37. The van der Waals surface area contributed by atoms with Crippen molar-refractivity contribution in [1.82, 2.24) is 4.98 Å². The molecule has 4 heteroatoms. The van der Waals surface area contributed by atoms with Crippen LogP contribution in [0.1, 0.15) is 6.42 Å². The van der Waals surface area contributed by atoms with Gasteiger partial charge in [-0.1, -0.05) is 0 Å². The van der Waals surface area contributed by atoms with Gasteiger partial charge >= 0.3 is 0 Å². The summed E-state index contributed by atoms with van der Waals surface area (Å²) < 4.78 is 17.7. The van der Waals surface area contributed by atoms with Crippen LogP contribution in [-0.2, 0) is 0 Å². The third-order valence-electron chi connectivity index (χ3n) is 1.23. The Labute approximate surface area is 78.9 Å². The molecule has 0 amide bonds. The van der Waals surface area contributed by atoms with Crippen molar-refractivity contribution < 1.29 is 9.13 Å². The van der Waals surface area contributed by atoms with Gasteiger partial charge in [0.1, 0.15) is 0 Å². The molecule has 0 aliphatic carbocycles. The summed E-state index contributed by atoms with van der Waals surface area (Å²) in [5.41, 5.74) is 0. The SMILES string of the molecule is FCCCOc1ccc(Br)cn1. The Kier molecular flexibility index (Phi) is 4.00. The summed E-state index contributed by atoms with van der Waals surface area (Å²) in [7, 11) is 0. The summed E-state index contributed by atoms with van der Waals surface area (Å²) in [5.74, 6) is 0.534. The first-order valence-corrected chi connectivity index (χ1v) is 4.42. The summed E-state index contributed by atoms with van der Waals surface area (Å²) in [4.78, 5) is 3.96. The number of halogens is 2. The van der Waals surface area contributed by atoms with Crippen LogP contribution < -0.4 is 4.74 Å². The van der Waals surface area contributed by atoms with Gasteiger partial charge in [0.05, 0.1) is 13.3 Å². The van der Waals surface area contributed by atoms with Gasteiger partial charge in [-0.25, -0.2) is 4.98 Å². The highest BCUT2D eigenvalue weighted by Gasteiger charge is 1.93. The van der Waals surface area contributed by atoms with E-state index in [9.17, 15) is 4.39 Å². The maximum absolute atomic E-state index is 11.7. The van der Waals surface area contributed by atoms with Gasteiger partial charge in [0.2, 0.25) is 5.88 Å². The van der Waals surface area contributed by atoms with Gasteiger partial charge in [-0.05, 0) is 22.0 Å². The third kappa shape index (κ3) is 3.17. The average Bonchev–Trinajstić information content (AvgIpc) is 2.09. The lowest BCUT2D eigenvalue weighted by Crippen LogP contribution is -1.99. The van der Waals surface area contributed by atoms with E-state index in [1.54, 1.807) is 12.3 Å². The molecule has 1 aromatic rings. The molecule has 0 saturated heterocycles. The molecule has 0 bridgehead atoms. The van der Waals surface area contributed by atoms with Crippen molar-refractivity contribution in [2.24, 2.45) is 0 Å². The van der Waals surface area contributed by atoms with Crippen molar-refractivity contribution in [3.05, 3.63) is 22.8 Å². The van der Waals surface area contributed by atoms with Crippen LogP contribution in [0.3, 0.4) is 0 Å². The number of ether oxygens (including phenoxy) is 1. The lowest BCUT2D eigenvalue weighted by atomic mass is 10.5. The van der Waals surface area contributed by atoms with Crippen molar-refractivity contribution in [1.29, 1.82) is 0 Å². The van der Waals surface area contributed by atoms with Crippen molar-refractivity contribution >= 4 is 15.9 Å². The Bertz CT molecular complexity index is 227. The average molecular weight is 234 g/mol. The fourth-order valence-corrected chi connectivity index (χ4v) is 0.913. The maximum Gasteiger partial charge on any atom is 0.213 e. The molecule has 1 rings (SSSR count). The van der Waals surface area contributed by atoms with E-state index in [1.807, 2.05) is 6.07 Å². The van der Waals surface area contributed by atoms with Crippen molar-refractivity contribution in [2.75, 3.05) is 13.3 Å². The van der Waals surface area contributed by atoms with Gasteiger partial charge in [-0.15, -0.1) is 0 Å². The number of nitrogens with zero attached hydrogens (tertiary/aromatic N) is 1. The fraction of sp³-hybridized carbons (Fsp3) is 0.375. The molecule has 1 heterocycles. The van der Waals surface area contributed by atoms with Crippen LogP contribution in [0.25, 0.3) is 0 Å². The molecule has 0 atom stereocenters. The zero-order valence-electron chi connectivity index (χ0n) is 6.46. The Morgan fingerprint density at radius 2 is 2.33 bits per heavy atom. The van der Waals surface area contributed by atoms with Crippen LogP contribution in [0, 0.1) is 0 Å². The second kappa shape index (κ2) is 5.09. The zero-order chi connectivity index (χ0) is 8.81. The zero-order valence-corrected chi connectivity index (χ0v) is 8.05. The largest absolute Gasteiger partial charge is 0.478 e. The Morgan fingerprint density at radius 3 is 2.92 bits per heavy atom. The van der Waals surface area contributed by atoms with Crippen LogP contribution in [0.2, 0.25) is 0 Å². The van der Waals surface area contributed by atoms with Gasteiger partial charge in [0.25, 0.3) is 0 Å². The molecule has 1 aromatic heterocycles.